The molecule has 2 N–H and O–H groups in total. The molecule has 0 spiro atoms. The highest BCUT2D eigenvalue weighted by atomic mass is 35.5. The van der Waals surface area contributed by atoms with Crippen LogP contribution in [0, 0.1) is 5.92 Å². The minimum Gasteiger partial charge on any atom is -0.481 e. The first-order valence-electron chi connectivity index (χ1n) is 10.4. The monoisotopic (exact) mass is 427 g/mol. The highest BCUT2D eigenvalue weighted by Gasteiger charge is 2.33. The van der Waals surface area contributed by atoms with Crippen LogP contribution in [0.2, 0.25) is 5.02 Å². The summed E-state index contributed by atoms with van der Waals surface area (Å²) < 4.78 is 6.13. The van der Waals surface area contributed by atoms with Crippen LogP contribution in [0.3, 0.4) is 0 Å². The average molecular weight is 428 g/mol. The minimum atomic E-state index is -0.744. The van der Waals surface area contributed by atoms with E-state index in [1.165, 1.54) is 0 Å². The third kappa shape index (κ3) is 4.30. The van der Waals surface area contributed by atoms with E-state index in [9.17, 15) is 9.90 Å². The quantitative estimate of drug-likeness (QED) is 0.724. The topological polar surface area (TPSA) is 74.2 Å². The number of piperazine rings is 1. The maximum atomic E-state index is 11.9. The van der Waals surface area contributed by atoms with Crippen molar-refractivity contribution < 1.29 is 14.6 Å². The number of para-hydroxylation sites is 1. The first-order chi connectivity index (χ1) is 14.6. The predicted molar refractivity (Wildman–Crippen MR) is 118 cm³/mol. The number of rotatable bonds is 5. The molecule has 0 aliphatic carbocycles. The summed E-state index contributed by atoms with van der Waals surface area (Å²) in [4.78, 5) is 19.0. The Bertz CT molecular complexity index is 962. The number of aliphatic carboxylic acids is 1. The number of nitrogens with one attached hydrogen (secondary N) is 1. The van der Waals surface area contributed by atoms with Crippen molar-refractivity contribution in [3.8, 4) is 11.5 Å². The van der Waals surface area contributed by atoms with E-state index in [1.807, 2.05) is 30.3 Å². The lowest BCUT2D eigenvalue weighted by atomic mass is 9.92. The van der Waals surface area contributed by atoms with E-state index in [0.717, 1.165) is 36.5 Å². The summed E-state index contributed by atoms with van der Waals surface area (Å²) in [5.74, 6) is 1.00. The summed E-state index contributed by atoms with van der Waals surface area (Å²) in [6, 6.07) is 13.1. The molecule has 0 amide bonds. The third-order valence-corrected chi connectivity index (χ3v) is 5.91. The van der Waals surface area contributed by atoms with Crippen molar-refractivity contribution >= 4 is 29.1 Å². The second kappa shape index (κ2) is 9.06. The second-order valence-electron chi connectivity index (χ2n) is 7.74. The number of hydrogen-bond donors (Lipinski definition) is 2. The molecule has 158 valence electrons. The number of carboxylic acids is 1. The van der Waals surface area contributed by atoms with Crippen molar-refractivity contribution in [1.29, 1.82) is 0 Å². The number of fused-ring (bicyclic) bond motifs is 2. The Morgan fingerprint density at radius 2 is 2.17 bits per heavy atom. The Hall–Kier alpha value is -2.57. The lowest BCUT2D eigenvalue weighted by Crippen LogP contribution is -2.56. The molecule has 0 aromatic heterocycles. The summed E-state index contributed by atoms with van der Waals surface area (Å²) in [5.41, 5.74) is 1.57. The Labute approximate surface area is 181 Å². The maximum Gasteiger partial charge on any atom is 0.308 e. The van der Waals surface area contributed by atoms with Crippen LogP contribution in [0.1, 0.15) is 31.7 Å². The SMILES string of the molecule is CCCC[C@@H](C(=O)O)[C@@H]1CN(C2=Nc3cc(Cl)ccc3Oc3ccccc32)CCN1. The zero-order valence-electron chi connectivity index (χ0n) is 17.0. The van der Waals surface area contributed by atoms with E-state index in [1.54, 1.807) is 12.1 Å². The van der Waals surface area contributed by atoms with Gasteiger partial charge in [0.15, 0.2) is 5.75 Å². The molecule has 2 aliphatic heterocycles. The molecule has 2 aromatic rings. The largest absolute Gasteiger partial charge is 0.481 e. The first-order valence-corrected chi connectivity index (χ1v) is 10.8. The summed E-state index contributed by atoms with van der Waals surface area (Å²) in [5, 5.41) is 13.8. The molecular weight excluding hydrogens is 402 g/mol. The minimum absolute atomic E-state index is 0.138. The van der Waals surface area contributed by atoms with Gasteiger partial charge in [0.05, 0.1) is 11.5 Å². The van der Waals surface area contributed by atoms with Crippen molar-refractivity contribution in [1.82, 2.24) is 10.2 Å². The molecule has 0 unspecified atom stereocenters. The molecule has 30 heavy (non-hydrogen) atoms. The van der Waals surface area contributed by atoms with Crippen LogP contribution in [0.15, 0.2) is 47.5 Å². The zero-order valence-corrected chi connectivity index (χ0v) is 17.7. The fraction of sp³-hybridized carbons (Fsp3) is 0.391. The Morgan fingerprint density at radius 1 is 1.33 bits per heavy atom. The summed E-state index contributed by atoms with van der Waals surface area (Å²) in [6.45, 7) is 4.09. The first kappa shape index (κ1) is 20.7. The lowest BCUT2D eigenvalue weighted by Gasteiger charge is -2.38. The molecule has 2 atom stereocenters. The molecule has 2 heterocycles. The molecule has 2 aromatic carbocycles. The number of benzene rings is 2. The molecular formula is C23H26ClN3O3. The van der Waals surface area contributed by atoms with Crippen LogP contribution < -0.4 is 10.1 Å². The van der Waals surface area contributed by atoms with Crippen molar-refractivity contribution in [2.75, 3.05) is 19.6 Å². The molecule has 0 radical (unpaired) electrons. The average Bonchev–Trinajstić information content (AvgIpc) is 2.90. The molecule has 7 heteroatoms. The zero-order chi connectivity index (χ0) is 21.1. The van der Waals surface area contributed by atoms with Gasteiger partial charge in [0.25, 0.3) is 0 Å². The van der Waals surface area contributed by atoms with Gasteiger partial charge in [0.2, 0.25) is 0 Å². The number of amidine groups is 1. The van der Waals surface area contributed by atoms with Gasteiger partial charge in [-0.15, -0.1) is 0 Å². The number of aliphatic imine (C=N–C) groups is 1. The van der Waals surface area contributed by atoms with Crippen LogP contribution in [0.5, 0.6) is 11.5 Å². The Morgan fingerprint density at radius 3 is 2.97 bits per heavy atom. The molecule has 0 bridgehead atoms. The number of carboxylic acid groups (broad SMARTS) is 1. The van der Waals surface area contributed by atoms with Crippen LogP contribution in [-0.4, -0.2) is 47.5 Å². The van der Waals surface area contributed by atoms with Crippen molar-refractivity contribution in [3.63, 3.8) is 0 Å². The molecule has 0 saturated carbocycles. The van der Waals surface area contributed by atoms with Gasteiger partial charge < -0.3 is 20.1 Å². The summed E-state index contributed by atoms with van der Waals surface area (Å²) >= 11 is 6.21. The van der Waals surface area contributed by atoms with E-state index in [4.69, 9.17) is 21.3 Å². The molecule has 1 saturated heterocycles. The van der Waals surface area contributed by atoms with Crippen LogP contribution >= 0.6 is 11.6 Å². The third-order valence-electron chi connectivity index (χ3n) is 5.67. The number of carbonyl (C=O) groups is 1. The Balaban J connectivity index is 1.69. The lowest BCUT2D eigenvalue weighted by molar-refractivity contribution is -0.143. The van der Waals surface area contributed by atoms with Crippen LogP contribution in [-0.2, 0) is 4.79 Å². The molecule has 6 nitrogen and oxygen atoms in total. The number of nitrogens with zero attached hydrogens (tertiary/aromatic N) is 2. The Kier molecular flexibility index (Phi) is 6.25. The van der Waals surface area contributed by atoms with Gasteiger partial charge in [0.1, 0.15) is 17.3 Å². The fourth-order valence-electron chi connectivity index (χ4n) is 4.10. The van der Waals surface area contributed by atoms with Crippen molar-refractivity contribution in [2.24, 2.45) is 10.9 Å². The van der Waals surface area contributed by atoms with Gasteiger partial charge >= 0.3 is 5.97 Å². The van der Waals surface area contributed by atoms with E-state index >= 15 is 0 Å². The normalized spacial score (nSPS) is 19.1. The number of hydrogen-bond acceptors (Lipinski definition) is 5. The van der Waals surface area contributed by atoms with E-state index in [-0.39, 0.29) is 6.04 Å². The van der Waals surface area contributed by atoms with Gasteiger partial charge in [-0.2, -0.15) is 0 Å². The number of unbranched alkanes of at least 4 members (excludes halogenated alkanes) is 1. The highest BCUT2D eigenvalue weighted by molar-refractivity contribution is 6.31. The van der Waals surface area contributed by atoms with Gasteiger partial charge in [-0.3, -0.25) is 4.79 Å². The standard InChI is InChI=1S/C23H26ClN3O3/c1-2-3-6-16(23(28)29)19-14-27(12-11-25-19)22-17-7-4-5-8-20(17)30-21-10-9-15(24)13-18(21)26-22/h4-5,7-10,13,16,19,25H,2-3,6,11-12,14H2,1H3,(H,28,29)/t16-,19+/m1/s1. The molecule has 2 aliphatic rings. The van der Waals surface area contributed by atoms with E-state index in [0.29, 0.717) is 36.0 Å². The van der Waals surface area contributed by atoms with Crippen LogP contribution in [0.4, 0.5) is 5.69 Å². The summed E-state index contributed by atoms with van der Waals surface area (Å²) in [7, 11) is 0. The van der Waals surface area contributed by atoms with Crippen LogP contribution in [0.25, 0.3) is 0 Å². The smallest absolute Gasteiger partial charge is 0.308 e. The van der Waals surface area contributed by atoms with Crippen molar-refractivity contribution in [2.45, 2.75) is 32.2 Å². The number of halogens is 1. The second-order valence-corrected chi connectivity index (χ2v) is 8.18. The number of ether oxygens (including phenoxy) is 1. The predicted octanol–water partition coefficient (Wildman–Crippen LogP) is 4.69. The van der Waals surface area contributed by atoms with E-state index in [2.05, 4.69) is 17.1 Å². The van der Waals surface area contributed by atoms with E-state index < -0.39 is 11.9 Å². The van der Waals surface area contributed by atoms with Gasteiger partial charge in [0, 0.05) is 30.7 Å². The van der Waals surface area contributed by atoms with Crippen molar-refractivity contribution in [3.05, 3.63) is 53.1 Å². The van der Waals surface area contributed by atoms with Gasteiger partial charge in [-0.05, 0) is 36.8 Å². The molecule has 4 rings (SSSR count). The molecule has 1 fully saturated rings. The maximum absolute atomic E-state index is 11.9. The van der Waals surface area contributed by atoms with Gasteiger partial charge in [-0.25, -0.2) is 4.99 Å². The highest BCUT2D eigenvalue weighted by Crippen LogP contribution is 2.39. The summed E-state index contributed by atoms with van der Waals surface area (Å²) in [6.07, 6.45) is 2.55. The fourth-order valence-corrected chi connectivity index (χ4v) is 4.27. The van der Waals surface area contributed by atoms with Gasteiger partial charge in [-0.1, -0.05) is 43.5 Å².